The molecule has 0 atom stereocenters. The molecule has 0 aliphatic carbocycles. The summed E-state index contributed by atoms with van der Waals surface area (Å²) in [5.74, 6) is 2.55. The number of nitrogens with zero attached hydrogens (tertiary/aromatic N) is 2. The molecule has 0 aliphatic rings. The zero-order valence-electron chi connectivity index (χ0n) is 18.4. The summed E-state index contributed by atoms with van der Waals surface area (Å²) >= 11 is 0. The van der Waals surface area contributed by atoms with E-state index in [1.165, 1.54) is 5.56 Å². The quantitative estimate of drug-likeness (QED) is 0.451. The molecule has 1 amide bonds. The molecule has 30 heavy (non-hydrogen) atoms. The first-order chi connectivity index (χ1) is 14.6. The Morgan fingerprint density at radius 3 is 2.67 bits per heavy atom. The number of hydrogen-bond acceptors (Lipinski definition) is 3. The van der Waals surface area contributed by atoms with Gasteiger partial charge < -0.3 is 14.6 Å². The van der Waals surface area contributed by atoms with Crippen LogP contribution in [0.3, 0.4) is 0 Å². The van der Waals surface area contributed by atoms with Crippen molar-refractivity contribution in [3.63, 3.8) is 0 Å². The highest BCUT2D eigenvalue weighted by Gasteiger charge is 2.11. The fraction of sp³-hybridized carbons (Fsp3) is 0.440. The second-order valence-corrected chi connectivity index (χ2v) is 7.87. The van der Waals surface area contributed by atoms with Crippen LogP contribution in [-0.4, -0.2) is 28.6 Å². The van der Waals surface area contributed by atoms with E-state index < -0.39 is 0 Å². The zero-order valence-corrected chi connectivity index (χ0v) is 18.4. The summed E-state index contributed by atoms with van der Waals surface area (Å²) in [5, 5.41) is 2.95. The van der Waals surface area contributed by atoms with Gasteiger partial charge >= 0.3 is 0 Å². The number of ether oxygens (including phenoxy) is 1. The molecule has 0 aliphatic heterocycles. The van der Waals surface area contributed by atoms with E-state index in [4.69, 9.17) is 9.72 Å². The smallest absolute Gasteiger partial charge is 0.219 e. The number of fused-ring (bicyclic) bond motifs is 1. The number of unbranched alkanes of at least 4 members (excludes halogenated alkanes) is 1. The van der Waals surface area contributed by atoms with E-state index in [2.05, 4.69) is 54.1 Å². The van der Waals surface area contributed by atoms with Gasteiger partial charge in [-0.25, -0.2) is 4.98 Å². The molecule has 2 aromatic carbocycles. The van der Waals surface area contributed by atoms with Gasteiger partial charge in [-0.1, -0.05) is 51.1 Å². The van der Waals surface area contributed by atoms with E-state index in [9.17, 15) is 4.79 Å². The molecule has 3 rings (SSSR count). The number of aryl methyl sites for hydroxylation is 1. The fourth-order valence-electron chi connectivity index (χ4n) is 3.65. The number of aromatic nitrogens is 2. The average molecular weight is 408 g/mol. The molecular weight excluding hydrogens is 374 g/mol. The van der Waals surface area contributed by atoms with E-state index in [1.54, 1.807) is 0 Å². The number of nitrogens with one attached hydrogen (secondary N) is 1. The zero-order chi connectivity index (χ0) is 21.3. The van der Waals surface area contributed by atoms with E-state index in [-0.39, 0.29) is 5.91 Å². The largest absolute Gasteiger partial charge is 0.493 e. The SMILES string of the molecule is CCC(=O)NCCc1nc2ccccc2n1CCCCOc1ccccc1C(C)C. The van der Waals surface area contributed by atoms with Gasteiger partial charge in [-0.2, -0.15) is 0 Å². The Morgan fingerprint density at radius 2 is 1.87 bits per heavy atom. The summed E-state index contributed by atoms with van der Waals surface area (Å²) in [6.07, 6.45) is 3.23. The first-order valence-corrected chi connectivity index (χ1v) is 11.0. The summed E-state index contributed by atoms with van der Waals surface area (Å²) in [6.45, 7) is 8.47. The molecule has 5 nitrogen and oxygen atoms in total. The minimum Gasteiger partial charge on any atom is -0.493 e. The second kappa shape index (κ2) is 10.8. The van der Waals surface area contributed by atoms with Crippen molar-refractivity contribution in [1.82, 2.24) is 14.9 Å². The molecule has 0 saturated heterocycles. The number of rotatable bonds is 11. The highest BCUT2D eigenvalue weighted by Crippen LogP contribution is 2.26. The van der Waals surface area contributed by atoms with Crippen molar-refractivity contribution >= 4 is 16.9 Å². The predicted octanol–water partition coefficient (Wildman–Crippen LogP) is 5.09. The molecule has 5 heteroatoms. The lowest BCUT2D eigenvalue weighted by Crippen LogP contribution is -2.25. The van der Waals surface area contributed by atoms with Gasteiger partial charge in [0.2, 0.25) is 5.91 Å². The molecule has 0 fully saturated rings. The number of carbonyl (C=O) groups excluding carboxylic acids is 1. The summed E-state index contributed by atoms with van der Waals surface area (Å²) < 4.78 is 8.35. The molecule has 0 saturated carbocycles. The maximum atomic E-state index is 11.5. The van der Waals surface area contributed by atoms with E-state index in [1.807, 2.05) is 25.1 Å². The van der Waals surface area contributed by atoms with Gasteiger partial charge in [-0.3, -0.25) is 4.79 Å². The van der Waals surface area contributed by atoms with Gasteiger partial charge in [0.25, 0.3) is 0 Å². The average Bonchev–Trinajstić information content (AvgIpc) is 3.11. The van der Waals surface area contributed by atoms with Crippen LogP contribution in [0.2, 0.25) is 0 Å². The van der Waals surface area contributed by atoms with E-state index >= 15 is 0 Å². The van der Waals surface area contributed by atoms with Crippen molar-refractivity contribution in [2.24, 2.45) is 0 Å². The minimum atomic E-state index is 0.0801. The molecule has 0 bridgehead atoms. The summed E-state index contributed by atoms with van der Waals surface area (Å²) in [6, 6.07) is 16.5. The molecule has 0 radical (unpaired) electrons. The summed E-state index contributed by atoms with van der Waals surface area (Å²) in [7, 11) is 0. The molecule has 0 unspecified atom stereocenters. The molecule has 3 aromatic rings. The van der Waals surface area contributed by atoms with Gasteiger partial charge in [0, 0.05) is 25.9 Å². The number of carbonyl (C=O) groups is 1. The molecule has 1 aromatic heterocycles. The first kappa shape index (κ1) is 21.9. The van der Waals surface area contributed by atoms with Crippen molar-refractivity contribution in [3.8, 4) is 5.75 Å². The van der Waals surface area contributed by atoms with Crippen molar-refractivity contribution in [2.45, 2.75) is 58.9 Å². The number of benzene rings is 2. The lowest BCUT2D eigenvalue weighted by atomic mass is 10.0. The highest BCUT2D eigenvalue weighted by molar-refractivity contribution is 5.76. The van der Waals surface area contributed by atoms with Crippen LogP contribution in [0, 0.1) is 0 Å². The van der Waals surface area contributed by atoms with Crippen molar-refractivity contribution in [1.29, 1.82) is 0 Å². The normalized spacial score (nSPS) is 11.2. The van der Waals surface area contributed by atoms with Crippen LogP contribution in [0.1, 0.15) is 57.3 Å². The fourth-order valence-corrected chi connectivity index (χ4v) is 3.65. The van der Waals surface area contributed by atoms with Crippen LogP contribution in [-0.2, 0) is 17.8 Å². The Morgan fingerprint density at radius 1 is 1.10 bits per heavy atom. The van der Waals surface area contributed by atoms with Crippen LogP contribution < -0.4 is 10.1 Å². The summed E-state index contributed by atoms with van der Waals surface area (Å²) in [5.41, 5.74) is 3.42. The number of para-hydroxylation sites is 3. The van der Waals surface area contributed by atoms with Crippen LogP contribution >= 0.6 is 0 Å². The highest BCUT2D eigenvalue weighted by atomic mass is 16.5. The maximum absolute atomic E-state index is 11.5. The third-order valence-electron chi connectivity index (χ3n) is 5.30. The monoisotopic (exact) mass is 407 g/mol. The third kappa shape index (κ3) is 5.62. The van der Waals surface area contributed by atoms with E-state index in [0.29, 0.717) is 25.5 Å². The Balaban J connectivity index is 1.57. The van der Waals surface area contributed by atoms with Crippen LogP contribution in [0.25, 0.3) is 11.0 Å². The van der Waals surface area contributed by atoms with Crippen LogP contribution in [0.15, 0.2) is 48.5 Å². The van der Waals surface area contributed by atoms with Crippen LogP contribution in [0.5, 0.6) is 5.75 Å². The second-order valence-electron chi connectivity index (χ2n) is 7.87. The standard InChI is InChI=1S/C25H33N3O2/c1-4-25(29)26-16-15-24-27-21-12-6-7-13-22(21)28(24)17-9-10-18-30-23-14-8-5-11-20(23)19(2)3/h5-8,11-14,19H,4,9-10,15-18H2,1-3H3,(H,26,29). The Bertz CT molecular complexity index is 962. The van der Waals surface area contributed by atoms with Gasteiger partial charge in [-0.15, -0.1) is 0 Å². The molecular formula is C25H33N3O2. The Hall–Kier alpha value is -2.82. The molecule has 1 heterocycles. The molecule has 1 N–H and O–H groups in total. The van der Waals surface area contributed by atoms with Gasteiger partial charge in [0.1, 0.15) is 11.6 Å². The topological polar surface area (TPSA) is 56.2 Å². The minimum absolute atomic E-state index is 0.0801. The van der Waals surface area contributed by atoms with Gasteiger partial charge in [0.15, 0.2) is 0 Å². The van der Waals surface area contributed by atoms with E-state index in [0.717, 1.165) is 48.4 Å². The number of amides is 1. The molecule has 0 spiro atoms. The lowest BCUT2D eigenvalue weighted by molar-refractivity contribution is -0.120. The first-order valence-electron chi connectivity index (χ1n) is 11.0. The number of imidazole rings is 1. The van der Waals surface area contributed by atoms with Crippen molar-refractivity contribution in [2.75, 3.05) is 13.2 Å². The van der Waals surface area contributed by atoms with Crippen molar-refractivity contribution < 1.29 is 9.53 Å². The van der Waals surface area contributed by atoms with Gasteiger partial charge in [0.05, 0.1) is 17.6 Å². The lowest BCUT2D eigenvalue weighted by Gasteiger charge is -2.14. The number of hydrogen-bond donors (Lipinski definition) is 1. The Labute approximate surface area is 179 Å². The predicted molar refractivity (Wildman–Crippen MR) is 122 cm³/mol. The third-order valence-corrected chi connectivity index (χ3v) is 5.30. The molecule has 160 valence electrons. The maximum Gasteiger partial charge on any atom is 0.219 e. The Kier molecular flexibility index (Phi) is 7.89. The van der Waals surface area contributed by atoms with Gasteiger partial charge in [-0.05, 0) is 42.5 Å². The van der Waals surface area contributed by atoms with Crippen molar-refractivity contribution in [3.05, 3.63) is 59.9 Å². The summed E-state index contributed by atoms with van der Waals surface area (Å²) in [4.78, 5) is 16.3. The van der Waals surface area contributed by atoms with Crippen LogP contribution in [0.4, 0.5) is 0 Å².